The second-order valence-corrected chi connectivity index (χ2v) is 5.05. The Morgan fingerprint density at radius 3 is 2.81 bits per heavy atom. The van der Waals surface area contributed by atoms with Gasteiger partial charge in [0, 0.05) is 6.42 Å². The molecular formula is C17H20O4. The predicted molar refractivity (Wildman–Crippen MR) is 79.6 cm³/mol. The monoisotopic (exact) mass is 288 g/mol. The van der Waals surface area contributed by atoms with Crippen molar-refractivity contribution in [2.75, 3.05) is 19.8 Å². The Morgan fingerprint density at radius 1 is 1.38 bits per heavy atom. The summed E-state index contributed by atoms with van der Waals surface area (Å²) in [4.78, 5) is 24.5. The third-order valence-electron chi connectivity index (χ3n) is 3.60. The molecule has 0 aliphatic carbocycles. The summed E-state index contributed by atoms with van der Waals surface area (Å²) in [5.41, 5.74) is -0.153. The average Bonchev–Trinajstić information content (AvgIpc) is 2.50. The first-order chi connectivity index (χ1) is 10.2. The molecule has 0 spiro atoms. The highest BCUT2D eigenvalue weighted by Gasteiger charge is 2.48. The number of carbonyl (C=O) groups excluding carboxylic acids is 2. The van der Waals surface area contributed by atoms with Crippen LogP contribution in [0, 0.1) is 5.41 Å². The maximum absolute atomic E-state index is 12.3. The zero-order chi connectivity index (χ0) is 15.1. The molecule has 0 saturated carbocycles. The van der Waals surface area contributed by atoms with E-state index in [-0.39, 0.29) is 25.4 Å². The number of allylic oxidation sites excluding steroid dienone is 1. The number of ketones is 1. The number of rotatable bonds is 5. The van der Waals surface area contributed by atoms with E-state index in [0.717, 1.165) is 5.56 Å². The van der Waals surface area contributed by atoms with Crippen molar-refractivity contribution in [2.24, 2.45) is 5.41 Å². The van der Waals surface area contributed by atoms with Crippen LogP contribution in [0.2, 0.25) is 0 Å². The Bertz CT molecular complexity index is 521. The van der Waals surface area contributed by atoms with Crippen LogP contribution in [0.25, 0.3) is 6.08 Å². The first-order valence-corrected chi connectivity index (χ1v) is 7.19. The minimum atomic E-state index is -1.18. The number of esters is 1. The van der Waals surface area contributed by atoms with Crippen molar-refractivity contribution < 1.29 is 19.1 Å². The van der Waals surface area contributed by atoms with Crippen molar-refractivity contribution >= 4 is 17.8 Å². The summed E-state index contributed by atoms with van der Waals surface area (Å²) >= 11 is 0. The van der Waals surface area contributed by atoms with Gasteiger partial charge in [0.1, 0.15) is 0 Å². The molecule has 1 aliphatic heterocycles. The molecule has 112 valence electrons. The fraction of sp³-hybridized carbons (Fsp3) is 0.412. The van der Waals surface area contributed by atoms with E-state index in [0.29, 0.717) is 13.0 Å². The van der Waals surface area contributed by atoms with Crippen LogP contribution in [-0.2, 0) is 19.1 Å². The Hall–Kier alpha value is -1.94. The Labute approximate surface area is 124 Å². The highest BCUT2D eigenvalue weighted by Crippen LogP contribution is 2.31. The molecule has 1 aliphatic rings. The second kappa shape index (κ2) is 7.18. The molecule has 1 aromatic carbocycles. The molecule has 4 nitrogen and oxygen atoms in total. The number of benzene rings is 1. The minimum Gasteiger partial charge on any atom is -0.465 e. The minimum absolute atomic E-state index is 0.0927. The van der Waals surface area contributed by atoms with Gasteiger partial charge in [-0.05, 0) is 18.9 Å². The molecule has 1 saturated heterocycles. The van der Waals surface area contributed by atoms with Gasteiger partial charge in [-0.25, -0.2) is 0 Å². The van der Waals surface area contributed by atoms with E-state index in [1.54, 1.807) is 6.92 Å². The molecule has 4 heteroatoms. The number of hydrogen-bond acceptors (Lipinski definition) is 4. The van der Waals surface area contributed by atoms with Crippen LogP contribution in [0.15, 0.2) is 36.4 Å². The molecule has 1 unspecified atom stereocenters. The first-order valence-electron chi connectivity index (χ1n) is 7.19. The lowest BCUT2D eigenvalue weighted by molar-refractivity contribution is -0.168. The van der Waals surface area contributed by atoms with Crippen molar-refractivity contribution in [3.05, 3.63) is 42.0 Å². The van der Waals surface area contributed by atoms with E-state index in [1.807, 2.05) is 42.5 Å². The average molecular weight is 288 g/mol. The van der Waals surface area contributed by atoms with Crippen LogP contribution < -0.4 is 0 Å². The van der Waals surface area contributed by atoms with Crippen LogP contribution in [0.1, 0.15) is 25.3 Å². The van der Waals surface area contributed by atoms with E-state index in [1.165, 1.54) is 0 Å². The van der Waals surface area contributed by atoms with E-state index in [2.05, 4.69) is 0 Å². The fourth-order valence-corrected chi connectivity index (χ4v) is 2.39. The van der Waals surface area contributed by atoms with Crippen molar-refractivity contribution in [2.45, 2.75) is 19.8 Å². The van der Waals surface area contributed by atoms with Crippen LogP contribution in [0.4, 0.5) is 0 Å². The molecule has 0 bridgehead atoms. The van der Waals surface area contributed by atoms with Gasteiger partial charge >= 0.3 is 5.97 Å². The third kappa shape index (κ3) is 3.58. The normalized spacial score (nSPS) is 22.4. The van der Waals surface area contributed by atoms with E-state index in [9.17, 15) is 9.59 Å². The predicted octanol–water partition coefficient (Wildman–Crippen LogP) is 2.63. The van der Waals surface area contributed by atoms with Crippen LogP contribution >= 0.6 is 0 Å². The summed E-state index contributed by atoms with van der Waals surface area (Å²) in [5, 5.41) is 0. The second-order valence-electron chi connectivity index (χ2n) is 5.05. The van der Waals surface area contributed by atoms with Gasteiger partial charge in [0.15, 0.2) is 11.2 Å². The van der Waals surface area contributed by atoms with Gasteiger partial charge < -0.3 is 9.47 Å². The lowest BCUT2D eigenvalue weighted by atomic mass is 9.78. The van der Waals surface area contributed by atoms with Gasteiger partial charge in [0.2, 0.25) is 0 Å². The van der Waals surface area contributed by atoms with Gasteiger partial charge in [-0.2, -0.15) is 0 Å². The summed E-state index contributed by atoms with van der Waals surface area (Å²) in [6, 6.07) is 9.75. The number of hydrogen-bond donors (Lipinski definition) is 0. The summed E-state index contributed by atoms with van der Waals surface area (Å²) in [5.74, 6) is -0.572. The molecule has 1 aromatic rings. The third-order valence-corrected chi connectivity index (χ3v) is 3.60. The highest BCUT2D eigenvalue weighted by molar-refractivity contribution is 6.04. The van der Waals surface area contributed by atoms with Crippen molar-refractivity contribution in [1.29, 1.82) is 0 Å². The largest absolute Gasteiger partial charge is 0.465 e. The standard InChI is InChI=1S/C17H20O4/c1-2-21-16(19)17(13-20-12-10-15(17)18)11-6-9-14-7-4-3-5-8-14/h3-9H,2,10-13H2,1H3/b9-6+. The zero-order valence-electron chi connectivity index (χ0n) is 12.2. The topological polar surface area (TPSA) is 52.6 Å². The van der Waals surface area contributed by atoms with Gasteiger partial charge in [-0.15, -0.1) is 0 Å². The lowest BCUT2D eigenvalue weighted by Crippen LogP contribution is -2.47. The lowest BCUT2D eigenvalue weighted by Gasteiger charge is -2.32. The maximum atomic E-state index is 12.3. The van der Waals surface area contributed by atoms with Gasteiger partial charge in [0.05, 0.1) is 19.8 Å². The zero-order valence-corrected chi connectivity index (χ0v) is 12.2. The molecule has 0 amide bonds. The van der Waals surface area contributed by atoms with E-state index >= 15 is 0 Å². The van der Waals surface area contributed by atoms with Crippen molar-refractivity contribution in [1.82, 2.24) is 0 Å². The fourth-order valence-electron chi connectivity index (χ4n) is 2.39. The van der Waals surface area contributed by atoms with Crippen LogP contribution in [0.3, 0.4) is 0 Å². The SMILES string of the molecule is CCOC(=O)C1(C/C=C/c2ccccc2)COCCC1=O. The summed E-state index contributed by atoms with van der Waals surface area (Å²) < 4.78 is 10.5. The number of ether oxygens (including phenoxy) is 2. The molecular weight excluding hydrogens is 268 g/mol. The Kier molecular flexibility index (Phi) is 5.28. The van der Waals surface area contributed by atoms with Gasteiger partial charge in [-0.3, -0.25) is 9.59 Å². The number of carbonyl (C=O) groups is 2. The Balaban J connectivity index is 2.14. The van der Waals surface area contributed by atoms with E-state index in [4.69, 9.17) is 9.47 Å². The maximum Gasteiger partial charge on any atom is 0.322 e. The quantitative estimate of drug-likeness (QED) is 0.617. The summed E-state index contributed by atoms with van der Waals surface area (Å²) in [7, 11) is 0. The summed E-state index contributed by atoms with van der Waals surface area (Å²) in [6.07, 6.45) is 4.32. The van der Waals surface area contributed by atoms with Gasteiger partial charge in [-0.1, -0.05) is 42.5 Å². The molecule has 0 aromatic heterocycles. The molecule has 1 heterocycles. The van der Waals surface area contributed by atoms with Crippen molar-refractivity contribution in [3.8, 4) is 0 Å². The molecule has 1 fully saturated rings. The Morgan fingerprint density at radius 2 is 2.14 bits per heavy atom. The molecule has 21 heavy (non-hydrogen) atoms. The van der Waals surface area contributed by atoms with Gasteiger partial charge in [0.25, 0.3) is 0 Å². The molecule has 1 atom stereocenters. The molecule has 0 N–H and O–H groups in total. The number of Topliss-reactive ketones (excluding diaryl/α,β-unsaturated/α-hetero) is 1. The molecule has 0 radical (unpaired) electrons. The highest BCUT2D eigenvalue weighted by atomic mass is 16.5. The van der Waals surface area contributed by atoms with Crippen LogP contribution in [-0.4, -0.2) is 31.6 Å². The van der Waals surface area contributed by atoms with Crippen LogP contribution in [0.5, 0.6) is 0 Å². The summed E-state index contributed by atoms with van der Waals surface area (Å²) in [6.45, 7) is 2.47. The smallest absolute Gasteiger partial charge is 0.322 e. The molecule has 2 rings (SSSR count). The first kappa shape index (κ1) is 15.4. The van der Waals surface area contributed by atoms with Crippen molar-refractivity contribution in [3.63, 3.8) is 0 Å². The van der Waals surface area contributed by atoms with E-state index < -0.39 is 11.4 Å².